The molecule has 17 heteroatoms. The van der Waals surface area contributed by atoms with Crippen molar-refractivity contribution in [1.29, 1.82) is 0 Å². The topological polar surface area (TPSA) is 264 Å². The molecule has 3 atom stereocenters. The summed E-state index contributed by atoms with van der Waals surface area (Å²) < 4.78 is 10.4. The maximum atomic E-state index is 12.9. The monoisotopic (exact) mass is 637 g/mol. The predicted octanol–water partition coefficient (Wildman–Crippen LogP) is -1.00. The number of rotatable bonds is 17. The maximum absolute atomic E-state index is 12.9. The van der Waals surface area contributed by atoms with E-state index in [2.05, 4.69) is 21.3 Å². The fourth-order valence-electron chi connectivity index (χ4n) is 3.28. The Morgan fingerprint density at radius 1 is 0.721 bits per heavy atom. The highest BCUT2D eigenvalue weighted by Gasteiger charge is 2.28. The molecule has 0 saturated heterocycles. The van der Waals surface area contributed by atoms with Crippen molar-refractivity contribution in [2.24, 2.45) is 17.2 Å². The van der Waals surface area contributed by atoms with Gasteiger partial charge in [0.1, 0.15) is 23.3 Å². The van der Waals surface area contributed by atoms with Crippen LogP contribution in [0.4, 0.5) is 4.79 Å². The molecule has 0 bridgehead atoms. The van der Waals surface area contributed by atoms with Crippen molar-refractivity contribution in [3.63, 3.8) is 0 Å². The molecule has 0 fully saturated rings. The summed E-state index contributed by atoms with van der Waals surface area (Å²) in [4.78, 5) is 84.5. The lowest BCUT2D eigenvalue weighted by atomic mass is 10.1. The van der Waals surface area contributed by atoms with Crippen LogP contribution in [0.2, 0.25) is 0 Å². The van der Waals surface area contributed by atoms with Crippen molar-refractivity contribution in [2.45, 2.75) is 109 Å². The molecule has 0 saturated carbocycles. The molecule has 0 heterocycles. The van der Waals surface area contributed by atoms with E-state index in [1.807, 2.05) is 0 Å². The smallest absolute Gasteiger partial charge is 0.407 e. The molecular weight excluding hydrogens is 590 g/mol. The molecule has 0 aromatic rings. The Morgan fingerprint density at radius 3 is 1.81 bits per heavy atom. The van der Waals surface area contributed by atoms with Crippen molar-refractivity contribution in [1.82, 2.24) is 21.3 Å². The molecule has 6 amide bonds. The molecule has 0 rings (SSSR count). The second kappa shape index (κ2) is 19.5. The van der Waals surface area contributed by atoms with E-state index in [1.165, 1.54) is 0 Å². The minimum atomic E-state index is -1.30. The van der Waals surface area contributed by atoms with E-state index in [0.717, 1.165) is 0 Å². The summed E-state index contributed by atoms with van der Waals surface area (Å²) in [5.74, 6) is -4.57. The van der Waals surface area contributed by atoms with Crippen molar-refractivity contribution < 1.29 is 43.0 Å². The number of hydrogen-bond acceptors (Lipinski definition) is 10. The van der Waals surface area contributed by atoms with Gasteiger partial charge in [0, 0.05) is 13.0 Å². The minimum Gasteiger partial charge on any atom is -0.458 e. The fourth-order valence-corrected chi connectivity index (χ4v) is 3.28. The van der Waals surface area contributed by atoms with Crippen molar-refractivity contribution in [3.05, 3.63) is 0 Å². The number of unbranched alkanes of at least 4 members (excludes halogenated alkanes) is 1. The standard InChI is InChI=1S/C26H47N7O9.ClH/c1-25(2,3)41-23(39)17(10-11-18(28)34)32-20(36)14-31-22(38)16(33-21(37)15(27)13-19(29)35)9-7-8-12-30-24(40)42-26(4,5)6;/h15-17H,7-14,27H2,1-6H3,(H2,28,34)(H2,29,35)(H,30,40)(H,31,38)(H,32,36)(H,33,37);1H/t15-,16-,17-;/m0./s1. The van der Waals surface area contributed by atoms with Gasteiger partial charge in [-0.3, -0.25) is 24.0 Å². The lowest BCUT2D eigenvalue weighted by Gasteiger charge is -2.24. The Bertz CT molecular complexity index is 981. The summed E-state index contributed by atoms with van der Waals surface area (Å²) in [5.41, 5.74) is 14.4. The van der Waals surface area contributed by atoms with E-state index in [4.69, 9.17) is 26.7 Å². The number of ether oxygens (including phenoxy) is 2. The van der Waals surface area contributed by atoms with E-state index in [0.29, 0.717) is 12.8 Å². The zero-order valence-electron chi connectivity index (χ0n) is 25.7. The van der Waals surface area contributed by atoms with Gasteiger partial charge < -0.3 is 47.9 Å². The van der Waals surface area contributed by atoms with E-state index in [-0.39, 0.29) is 38.2 Å². The summed E-state index contributed by atoms with van der Waals surface area (Å²) in [6.07, 6.45) is -0.480. The number of carbonyl (C=O) groups excluding carboxylic acids is 7. The zero-order chi connectivity index (χ0) is 32.7. The van der Waals surface area contributed by atoms with Gasteiger partial charge in [0.05, 0.1) is 19.0 Å². The molecule has 43 heavy (non-hydrogen) atoms. The highest BCUT2D eigenvalue weighted by atomic mass is 35.5. The number of nitrogens with two attached hydrogens (primary N) is 3. The molecule has 16 nitrogen and oxygen atoms in total. The van der Waals surface area contributed by atoms with Crippen molar-refractivity contribution in [2.75, 3.05) is 13.1 Å². The van der Waals surface area contributed by atoms with Crippen LogP contribution < -0.4 is 38.5 Å². The number of hydrogen-bond donors (Lipinski definition) is 7. The number of nitrogens with one attached hydrogen (secondary N) is 4. The molecule has 10 N–H and O–H groups in total. The van der Waals surface area contributed by atoms with Crippen LogP contribution in [0.15, 0.2) is 0 Å². The Hall–Kier alpha value is -3.66. The highest BCUT2D eigenvalue weighted by Crippen LogP contribution is 2.11. The van der Waals surface area contributed by atoms with Gasteiger partial charge in [-0.15, -0.1) is 12.4 Å². The van der Waals surface area contributed by atoms with Crippen LogP contribution in [0.1, 0.15) is 80.1 Å². The average Bonchev–Trinajstić information content (AvgIpc) is 2.81. The van der Waals surface area contributed by atoms with Crippen LogP contribution in [0.5, 0.6) is 0 Å². The van der Waals surface area contributed by atoms with E-state index in [9.17, 15) is 33.6 Å². The third-order valence-electron chi connectivity index (χ3n) is 5.11. The second-order valence-electron chi connectivity index (χ2n) is 11.6. The molecule has 0 aliphatic rings. The molecule has 0 spiro atoms. The summed E-state index contributed by atoms with van der Waals surface area (Å²) in [7, 11) is 0. The number of alkyl carbamates (subject to hydrolysis) is 1. The first-order chi connectivity index (χ1) is 19.2. The lowest BCUT2D eigenvalue weighted by Crippen LogP contribution is -2.54. The minimum absolute atomic E-state index is 0. The van der Waals surface area contributed by atoms with Gasteiger partial charge >= 0.3 is 12.1 Å². The SMILES string of the molecule is CC(C)(C)OC(=O)NCCCC[C@H](NC(=O)[C@@H](N)CC(N)=O)C(=O)NCC(=O)N[C@@H](CCC(N)=O)C(=O)OC(C)(C)C.Cl. The first-order valence-corrected chi connectivity index (χ1v) is 13.6. The van der Waals surface area contributed by atoms with Crippen LogP contribution in [0, 0.1) is 0 Å². The van der Waals surface area contributed by atoms with Gasteiger partial charge in [0.15, 0.2) is 0 Å². The molecule has 0 aliphatic heterocycles. The number of carbonyl (C=O) groups is 7. The predicted molar refractivity (Wildman–Crippen MR) is 158 cm³/mol. The van der Waals surface area contributed by atoms with Crippen LogP contribution in [0.3, 0.4) is 0 Å². The van der Waals surface area contributed by atoms with Crippen LogP contribution in [-0.4, -0.2) is 84.0 Å². The largest absolute Gasteiger partial charge is 0.458 e. The van der Waals surface area contributed by atoms with Crippen molar-refractivity contribution in [3.8, 4) is 0 Å². The molecule has 0 radical (unpaired) electrons. The third-order valence-corrected chi connectivity index (χ3v) is 5.11. The van der Waals surface area contributed by atoms with Gasteiger partial charge in [0.2, 0.25) is 29.5 Å². The Balaban J connectivity index is 0. The van der Waals surface area contributed by atoms with Gasteiger partial charge in [-0.05, 0) is 67.2 Å². The third kappa shape index (κ3) is 21.7. The molecule has 0 aromatic carbocycles. The zero-order valence-corrected chi connectivity index (χ0v) is 26.5. The lowest BCUT2D eigenvalue weighted by molar-refractivity contribution is -0.158. The van der Waals surface area contributed by atoms with E-state index in [1.54, 1.807) is 41.5 Å². The van der Waals surface area contributed by atoms with Gasteiger partial charge in [-0.2, -0.15) is 0 Å². The number of amides is 6. The number of primary amides is 2. The summed E-state index contributed by atoms with van der Waals surface area (Å²) in [6, 6.07) is -3.64. The Kier molecular flexibility index (Phi) is 18.8. The first-order valence-electron chi connectivity index (χ1n) is 13.6. The Morgan fingerprint density at radius 2 is 1.30 bits per heavy atom. The number of halogens is 1. The number of esters is 1. The molecular formula is C26H48ClN7O9. The second-order valence-corrected chi connectivity index (χ2v) is 11.6. The summed E-state index contributed by atoms with van der Waals surface area (Å²) >= 11 is 0. The van der Waals surface area contributed by atoms with Crippen LogP contribution in [-0.2, 0) is 38.2 Å². The van der Waals surface area contributed by atoms with E-state index >= 15 is 0 Å². The van der Waals surface area contributed by atoms with Gasteiger partial charge in [-0.25, -0.2) is 9.59 Å². The molecule has 0 aromatic heterocycles. The molecule has 0 aliphatic carbocycles. The van der Waals surface area contributed by atoms with Crippen LogP contribution in [0.25, 0.3) is 0 Å². The first kappa shape index (κ1) is 41.5. The van der Waals surface area contributed by atoms with Crippen molar-refractivity contribution >= 4 is 54.0 Å². The maximum Gasteiger partial charge on any atom is 0.407 e. The summed E-state index contributed by atoms with van der Waals surface area (Å²) in [6.45, 7) is 9.73. The fraction of sp³-hybridized carbons (Fsp3) is 0.731. The van der Waals surface area contributed by atoms with Crippen LogP contribution >= 0.6 is 12.4 Å². The van der Waals surface area contributed by atoms with E-state index < -0.39 is 83.9 Å². The van der Waals surface area contributed by atoms with Gasteiger partial charge in [0.25, 0.3) is 0 Å². The molecule has 248 valence electrons. The normalized spacial score (nSPS) is 13.2. The average molecular weight is 638 g/mol. The molecule has 0 unspecified atom stereocenters. The van der Waals surface area contributed by atoms with Gasteiger partial charge in [-0.1, -0.05) is 0 Å². The summed E-state index contributed by atoms with van der Waals surface area (Å²) in [5, 5.41) is 9.81. The quantitative estimate of drug-likeness (QED) is 0.0755. The Labute approximate surface area is 258 Å². The highest BCUT2D eigenvalue weighted by molar-refractivity contribution is 5.94.